The Kier molecular flexibility index (Phi) is 7.46. The lowest BCUT2D eigenvalue weighted by Crippen LogP contribution is -2.36. The first kappa shape index (κ1) is 23.0. The van der Waals surface area contributed by atoms with Crippen molar-refractivity contribution in [3.8, 4) is 0 Å². The molecule has 1 fully saturated rings. The molecule has 0 saturated heterocycles. The van der Waals surface area contributed by atoms with Crippen LogP contribution < -0.4 is 15.4 Å². The molecule has 1 aliphatic rings. The highest BCUT2D eigenvalue weighted by atomic mass is 32.2. The fraction of sp³-hybridized carbons (Fsp3) is 0.391. The Hall–Kier alpha value is -2.71. The number of hydrogen-bond acceptors (Lipinski definition) is 4. The number of benzene rings is 2. The van der Waals surface area contributed by atoms with Crippen LogP contribution in [-0.4, -0.2) is 32.8 Å². The van der Waals surface area contributed by atoms with Crippen molar-refractivity contribution in [3.63, 3.8) is 0 Å². The van der Waals surface area contributed by atoms with Crippen molar-refractivity contribution in [2.24, 2.45) is 0 Å². The predicted octanol–water partition coefficient (Wildman–Crippen LogP) is 3.61. The lowest BCUT2D eigenvalue weighted by atomic mass is 9.95. The van der Waals surface area contributed by atoms with Gasteiger partial charge >= 0.3 is 0 Å². The zero-order valence-corrected chi connectivity index (χ0v) is 18.7. The van der Waals surface area contributed by atoms with Crippen LogP contribution in [0.2, 0.25) is 0 Å². The van der Waals surface area contributed by atoms with E-state index in [2.05, 4.69) is 15.4 Å². The lowest BCUT2D eigenvalue weighted by Gasteiger charge is -2.23. The smallest absolute Gasteiger partial charge is 0.255 e. The van der Waals surface area contributed by atoms with Gasteiger partial charge in [-0.1, -0.05) is 26.2 Å². The Morgan fingerprint density at radius 2 is 1.58 bits per heavy atom. The largest absolute Gasteiger partial charge is 0.349 e. The van der Waals surface area contributed by atoms with Crippen LogP contribution in [0.3, 0.4) is 0 Å². The average Bonchev–Trinajstić information content (AvgIpc) is 2.76. The third-order valence-corrected chi connectivity index (χ3v) is 7.00. The maximum absolute atomic E-state index is 12.6. The number of nitrogens with one attached hydrogen (secondary N) is 3. The minimum Gasteiger partial charge on any atom is -0.349 e. The lowest BCUT2D eigenvalue weighted by molar-refractivity contribution is 0.0927. The molecule has 0 aliphatic heterocycles. The maximum atomic E-state index is 12.6. The van der Waals surface area contributed by atoms with Gasteiger partial charge in [-0.2, -0.15) is 0 Å². The van der Waals surface area contributed by atoms with E-state index in [9.17, 15) is 18.0 Å². The van der Waals surface area contributed by atoms with Crippen LogP contribution in [-0.2, 0) is 10.0 Å². The Morgan fingerprint density at radius 3 is 2.19 bits per heavy atom. The Bertz CT molecular complexity index is 1040. The average molecular weight is 444 g/mol. The summed E-state index contributed by atoms with van der Waals surface area (Å²) < 4.78 is 26.4. The number of hydrogen-bond donors (Lipinski definition) is 3. The summed E-state index contributed by atoms with van der Waals surface area (Å²) in [5.41, 5.74) is 2.28. The molecule has 0 aromatic heterocycles. The number of rotatable bonds is 7. The zero-order chi connectivity index (χ0) is 22.4. The fourth-order valence-electron chi connectivity index (χ4n) is 3.71. The van der Waals surface area contributed by atoms with Gasteiger partial charge in [-0.05, 0) is 67.8 Å². The van der Waals surface area contributed by atoms with E-state index in [1.165, 1.54) is 30.7 Å². The number of aryl methyl sites for hydroxylation is 1. The molecule has 3 rings (SSSR count). The van der Waals surface area contributed by atoms with E-state index in [0.29, 0.717) is 23.4 Å². The minimum absolute atomic E-state index is 0.0923. The van der Waals surface area contributed by atoms with E-state index in [0.717, 1.165) is 31.2 Å². The van der Waals surface area contributed by atoms with Crippen LogP contribution in [0.1, 0.15) is 65.3 Å². The van der Waals surface area contributed by atoms with Crippen LogP contribution in [0.15, 0.2) is 47.4 Å². The standard InChI is InChI=1S/C23H29N3O4S/c1-3-24-31(29,30)20-12-9-17(10-13-20)22(27)26-21-14-11-18(15-16(21)2)23(28)25-19-7-5-4-6-8-19/h9-15,19,24H,3-8H2,1-2H3,(H,25,28)(H,26,27). The van der Waals surface area contributed by atoms with Gasteiger partial charge in [0, 0.05) is 29.4 Å². The van der Waals surface area contributed by atoms with Gasteiger partial charge in [-0.3, -0.25) is 9.59 Å². The van der Waals surface area contributed by atoms with Gasteiger partial charge in [-0.15, -0.1) is 0 Å². The Balaban J connectivity index is 1.65. The molecule has 0 heterocycles. The van der Waals surface area contributed by atoms with Gasteiger partial charge in [0.25, 0.3) is 11.8 Å². The third-order valence-electron chi connectivity index (χ3n) is 5.44. The van der Waals surface area contributed by atoms with Crippen molar-refractivity contribution in [2.75, 3.05) is 11.9 Å². The molecular formula is C23H29N3O4S. The molecule has 31 heavy (non-hydrogen) atoms. The molecule has 3 N–H and O–H groups in total. The molecule has 2 amide bonds. The van der Waals surface area contributed by atoms with Crippen molar-refractivity contribution in [2.45, 2.75) is 56.9 Å². The number of carbonyl (C=O) groups excluding carboxylic acids is 2. The summed E-state index contributed by atoms with van der Waals surface area (Å²) in [6, 6.07) is 11.2. The van der Waals surface area contributed by atoms with Gasteiger partial charge in [0.1, 0.15) is 0 Å². The SMILES string of the molecule is CCNS(=O)(=O)c1ccc(C(=O)Nc2ccc(C(=O)NC3CCCCC3)cc2C)cc1. The minimum atomic E-state index is -3.56. The number of amides is 2. The van der Waals surface area contributed by atoms with Gasteiger partial charge in [0.05, 0.1) is 4.90 Å². The molecule has 0 radical (unpaired) electrons. The second-order valence-electron chi connectivity index (χ2n) is 7.82. The highest BCUT2D eigenvalue weighted by molar-refractivity contribution is 7.89. The van der Waals surface area contributed by atoms with Crippen molar-refractivity contribution < 1.29 is 18.0 Å². The molecule has 0 atom stereocenters. The van der Waals surface area contributed by atoms with Crippen molar-refractivity contribution >= 4 is 27.5 Å². The van der Waals surface area contributed by atoms with Crippen LogP contribution >= 0.6 is 0 Å². The molecule has 7 nitrogen and oxygen atoms in total. The molecule has 2 aromatic carbocycles. The van der Waals surface area contributed by atoms with E-state index in [1.54, 1.807) is 25.1 Å². The highest BCUT2D eigenvalue weighted by Gasteiger charge is 2.18. The summed E-state index contributed by atoms with van der Waals surface area (Å²) in [5.74, 6) is -0.444. The molecule has 8 heteroatoms. The van der Waals surface area contributed by atoms with Gasteiger partial charge < -0.3 is 10.6 Å². The quantitative estimate of drug-likeness (QED) is 0.608. The summed E-state index contributed by atoms with van der Waals surface area (Å²) in [5, 5.41) is 5.92. The Labute approximate surface area is 183 Å². The predicted molar refractivity (Wildman–Crippen MR) is 121 cm³/mol. The van der Waals surface area contributed by atoms with E-state index in [4.69, 9.17) is 0 Å². The molecule has 2 aromatic rings. The molecule has 0 unspecified atom stereocenters. The van der Waals surface area contributed by atoms with E-state index >= 15 is 0 Å². The summed E-state index contributed by atoms with van der Waals surface area (Å²) in [6.07, 6.45) is 5.57. The van der Waals surface area contributed by atoms with E-state index < -0.39 is 10.0 Å². The summed E-state index contributed by atoms with van der Waals surface area (Å²) >= 11 is 0. The first-order valence-electron chi connectivity index (χ1n) is 10.6. The third kappa shape index (κ3) is 5.92. The number of carbonyl (C=O) groups is 2. The van der Waals surface area contributed by atoms with Crippen LogP contribution in [0.25, 0.3) is 0 Å². The second-order valence-corrected chi connectivity index (χ2v) is 9.58. The number of sulfonamides is 1. The van der Waals surface area contributed by atoms with Crippen molar-refractivity contribution in [1.29, 1.82) is 0 Å². The van der Waals surface area contributed by atoms with Crippen LogP contribution in [0, 0.1) is 6.92 Å². The van der Waals surface area contributed by atoms with Crippen molar-refractivity contribution in [3.05, 3.63) is 59.2 Å². The molecule has 1 aliphatic carbocycles. The molecule has 1 saturated carbocycles. The monoisotopic (exact) mass is 443 g/mol. The van der Waals surface area contributed by atoms with Gasteiger partial charge in [-0.25, -0.2) is 13.1 Å². The normalized spacial score (nSPS) is 14.8. The van der Waals surface area contributed by atoms with E-state index in [-0.39, 0.29) is 22.8 Å². The molecule has 166 valence electrons. The first-order valence-corrected chi connectivity index (χ1v) is 12.1. The summed E-state index contributed by atoms with van der Waals surface area (Å²) in [7, 11) is -3.56. The topological polar surface area (TPSA) is 104 Å². The van der Waals surface area contributed by atoms with Gasteiger partial charge in [0.2, 0.25) is 10.0 Å². The Morgan fingerprint density at radius 1 is 0.935 bits per heavy atom. The fourth-order valence-corrected chi connectivity index (χ4v) is 4.76. The van der Waals surface area contributed by atoms with Gasteiger partial charge in [0.15, 0.2) is 0 Å². The maximum Gasteiger partial charge on any atom is 0.255 e. The summed E-state index contributed by atoms with van der Waals surface area (Å²) in [4.78, 5) is 25.2. The van der Waals surface area contributed by atoms with E-state index in [1.807, 2.05) is 6.92 Å². The second kappa shape index (κ2) is 10.1. The zero-order valence-electron chi connectivity index (χ0n) is 17.9. The molecular weight excluding hydrogens is 414 g/mol. The summed E-state index contributed by atoms with van der Waals surface area (Å²) in [6.45, 7) is 3.82. The first-order chi connectivity index (χ1) is 14.8. The molecule has 0 bridgehead atoms. The van der Waals surface area contributed by atoms with Crippen LogP contribution in [0.4, 0.5) is 5.69 Å². The van der Waals surface area contributed by atoms with Crippen molar-refractivity contribution in [1.82, 2.24) is 10.0 Å². The van der Waals surface area contributed by atoms with Crippen LogP contribution in [0.5, 0.6) is 0 Å². The molecule has 0 spiro atoms. The highest BCUT2D eigenvalue weighted by Crippen LogP contribution is 2.21. The number of anilines is 1.